The number of hydrogen-bond donors (Lipinski definition) is 2. The number of imidazole rings is 1. The summed E-state index contributed by atoms with van der Waals surface area (Å²) in [6, 6.07) is 31.1. The number of nitrogens with two attached hydrogens (primary N) is 1. The fraction of sp³-hybridized carbons (Fsp3) is 0.206. The van der Waals surface area contributed by atoms with E-state index in [1.807, 2.05) is 36.4 Å². The van der Waals surface area contributed by atoms with E-state index in [0.717, 1.165) is 53.3 Å². The molecule has 0 spiro atoms. The number of aromatic nitrogens is 2. The first-order chi connectivity index (χ1) is 20.7. The van der Waals surface area contributed by atoms with Crippen molar-refractivity contribution in [2.75, 3.05) is 0 Å². The molecule has 0 fully saturated rings. The second-order valence-electron chi connectivity index (χ2n) is 10.6. The Hall–Kier alpha value is -4.31. The van der Waals surface area contributed by atoms with Gasteiger partial charge in [0.05, 0.1) is 16.3 Å². The fourth-order valence-electron chi connectivity index (χ4n) is 5.17. The number of halogens is 1. The zero-order valence-corrected chi connectivity index (χ0v) is 24.8. The molecule has 1 aromatic heterocycles. The zero-order chi connectivity index (χ0) is 30.4. The van der Waals surface area contributed by atoms with E-state index >= 15 is 0 Å². The molecule has 5 aromatic rings. The summed E-state index contributed by atoms with van der Waals surface area (Å²) >= 11 is 0. The highest BCUT2D eigenvalue weighted by Gasteiger charge is 2.22. The quantitative estimate of drug-likeness (QED) is 0.166. The molecule has 7 nitrogen and oxygen atoms in total. The van der Waals surface area contributed by atoms with Gasteiger partial charge in [-0.05, 0) is 41.8 Å². The molecule has 0 unspecified atom stereocenters. The Morgan fingerprint density at radius 2 is 1.44 bits per heavy atom. The van der Waals surface area contributed by atoms with E-state index in [-0.39, 0.29) is 4.90 Å². The number of phenolic OH excluding ortho intramolecular Hbond substituents is 1. The van der Waals surface area contributed by atoms with Crippen LogP contribution in [0.1, 0.15) is 36.6 Å². The predicted octanol–water partition coefficient (Wildman–Crippen LogP) is 6.71. The highest BCUT2D eigenvalue weighted by molar-refractivity contribution is 7.89. The predicted molar refractivity (Wildman–Crippen MR) is 167 cm³/mol. The summed E-state index contributed by atoms with van der Waals surface area (Å²) in [5.74, 6) is -0.194. The number of rotatable bonds is 12. The lowest BCUT2D eigenvalue weighted by atomic mass is 10.1. The first-order valence-electron chi connectivity index (χ1n) is 14.2. The molecule has 4 aromatic carbocycles. The summed E-state index contributed by atoms with van der Waals surface area (Å²) in [7, 11) is -3.82. The van der Waals surface area contributed by atoms with Gasteiger partial charge in [-0.2, -0.15) is 0 Å². The Balaban J connectivity index is 1.61. The van der Waals surface area contributed by atoms with Crippen LogP contribution in [-0.4, -0.2) is 28.0 Å². The molecular weight excluding hydrogens is 563 g/mol. The standard InChI is InChI=1S/C34H35FN4O3S/c1-2-3-20-39-31(33(27-10-6-4-7-11-27)37-34(39)28-12-8-5-9-13-28)24-38(23-26-16-19-32(40)30(35)21-26)22-25-14-17-29(18-15-25)43(36,41)42/h4-19,21,40H,2-3,20,22-24H2,1H3,(H2,36,41,42). The maximum absolute atomic E-state index is 14.4. The number of hydrogen-bond acceptors (Lipinski definition) is 5. The normalized spacial score (nSPS) is 11.7. The summed E-state index contributed by atoms with van der Waals surface area (Å²) < 4.78 is 40.3. The third-order valence-corrected chi connectivity index (χ3v) is 8.27. The van der Waals surface area contributed by atoms with Crippen molar-refractivity contribution in [2.45, 2.75) is 50.8 Å². The van der Waals surface area contributed by atoms with Crippen molar-refractivity contribution in [3.05, 3.63) is 126 Å². The van der Waals surface area contributed by atoms with Gasteiger partial charge in [0.15, 0.2) is 11.6 Å². The molecular formula is C34H35FN4O3S. The Morgan fingerprint density at radius 1 is 0.837 bits per heavy atom. The topological polar surface area (TPSA) is 101 Å². The maximum atomic E-state index is 14.4. The minimum absolute atomic E-state index is 0.0416. The van der Waals surface area contributed by atoms with Gasteiger partial charge in [0.2, 0.25) is 10.0 Å². The first-order valence-corrected chi connectivity index (χ1v) is 15.8. The number of aromatic hydroxyl groups is 1. The number of sulfonamides is 1. The molecule has 0 saturated carbocycles. The Kier molecular flexibility index (Phi) is 9.35. The van der Waals surface area contributed by atoms with Gasteiger partial charge >= 0.3 is 0 Å². The lowest BCUT2D eigenvalue weighted by molar-refractivity contribution is 0.241. The lowest BCUT2D eigenvalue weighted by Crippen LogP contribution is -2.25. The van der Waals surface area contributed by atoms with Crippen LogP contribution in [0.3, 0.4) is 0 Å². The number of primary sulfonamides is 1. The van der Waals surface area contributed by atoms with Gasteiger partial charge in [-0.15, -0.1) is 0 Å². The highest BCUT2D eigenvalue weighted by Crippen LogP contribution is 2.32. The first kappa shape index (κ1) is 30.2. The molecule has 1 heterocycles. The molecule has 0 aliphatic rings. The Bertz CT molecular complexity index is 1770. The molecule has 0 radical (unpaired) electrons. The lowest BCUT2D eigenvalue weighted by Gasteiger charge is -2.25. The van der Waals surface area contributed by atoms with E-state index in [2.05, 4.69) is 40.7 Å². The van der Waals surface area contributed by atoms with Crippen molar-refractivity contribution in [1.82, 2.24) is 14.5 Å². The minimum Gasteiger partial charge on any atom is -0.505 e. The zero-order valence-electron chi connectivity index (χ0n) is 24.0. The van der Waals surface area contributed by atoms with Gasteiger partial charge in [-0.25, -0.2) is 22.9 Å². The van der Waals surface area contributed by atoms with Crippen LogP contribution >= 0.6 is 0 Å². The number of benzene rings is 4. The summed E-state index contributed by atoms with van der Waals surface area (Å²) in [6.07, 6.45) is 1.98. The highest BCUT2D eigenvalue weighted by atomic mass is 32.2. The van der Waals surface area contributed by atoms with Crippen molar-refractivity contribution >= 4 is 10.0 Å². The van der Waals surface area contributed by atoms with E-state index in [0.29, 0.717) is 25.2 Å². The molecule has 0 atom stereocenters. The molecule has 9 heteroatoms. The monoisotopic (exact) mass is 598 g/mol. The molecule has 0 bridgehead atoms. The average molecular weight is 599 g/mol. The van der Waals surface area contributed by atoms with Crippen LogP contribution in [0.25, 0.3) is 22.6 Å². The second kappa shape index (κ2) is 13.3. The van der Waals surface area contributed by atoms with E-state index in [9.17, 15) is 17.9 Å². The van der Waals surface area contributed by atoms with Gasteiger partial charge in [-0.3, -0.25) is 4.90 Å². The maximum Gasteiger partial charge on any atom is 0.238 e. The summed E-state index contributed by atoms with van der Waals surface area (Å²) in [5.41, 5.74) is 5.49. The number of phenols is 1. The molecule has 5 rings (SSSR count). The van der Waals surface area contributed by atoms with Crippen LogP contribution in [0, 0.1) is 5.82 Å². The van der Waals surface area contributed by atoms with E-state index in [1.54, 1.807) is 18.2 Å². The summed E-state index contributed by atoms with van der Waals surface area (Å²) in [6.45, 7) is 4.24. The van der Waals surface area contributed by atoms with Crippen molar-refractivity contribution < 1.29 is 17.9 Å². The van der Waals surface area contributed by atoms with Crippen LogP contribution in [0.5, 0.6) is 5.75 Å². The van der Waals surface area contributed by atoms with Gasteiger partial charge in [0.1, 0.15) is 5.82 Å². The summed E-state index contributed by atoms with van der Waals surface area (Å²) in [5, 5.41) is 15.1. The summed E-state index contributed by atoms with van der Waals surface area (Å²) in [4.78, 5) is 7.40. The smallest absolute Gasteiger partial charge is 0.238 e. The number of nitrogens with zero attached hydrogens (tertiary/aromatic N) is 3. The second-order valence-corrected chi connectivity index (χ2v) is 12.1. The SMILES string of the molecule is CCCCn1c(-c2ccccc2)nc(-c2ccccc2)c1CN(Cc1ccc(S(N)(=O)=O)cc1)Cc1ccc(O)c(F)c1. The van der Waals surface area contributed by atoms with Crippen molar-refractivity contribution in [2.24, 2.45) is 5.14 Å². The largest absolute Gasteiger partial charge is 0.505 e. The molecule has 222 valence electrons. The Morgan fingerprint density at radius 3 is 2.05 bits per heavy atom. The van der Waals surface area contributed by atoms with E-state index in [1.165, 1.54) is 24.3 Å². The van der Waals surface area contributed by atoms with Crippen molar-refractivity contribution in [1.29, 1.82) is 0 Å². The van der Waals surface area contributed by atoms with Crippen LogP contribution in [-0.2, 0) is 36.2 Å². The minimum atomic E-state index is -3.82. The Labute approximate surface area is 252 Å². The van der Waals surface area contributed by atoms with Gasteiger partial charge in [0, 0.05) is 37.3 Å². The van der Waals surface area contributed by atoms with E-state index in [4.69, 9.17) is 10.1 Å². The van der Waals surface area contributed by atoms with Crippen LogP contribution < -0.4 is 5.14 Å². The molecule has 43 heavy (non-hydrogen) atoms. The van der Waals surface area contributed by atoms with Crippen molar-refractivity contribution in [3.8, 4) is 28.4 Å². The molecule has 0 aliphatic heterocycles. The van der Waals surface area contributed by atoms with Gasteiger partial charge < -0.3 is 9.67 Å². The molecule has 0 aliphatic carbocycles. The third kappa shape index (κ3) is 7.37. The van der Waals surface area contributed by atoms with E-state index < -0.39 is 21.6 Å². The van der Waals surface area contributed by atoms with Gasteiger partial charge in [-0.1, -0.05) is 92.2 Å². The van der Waals surface area contributed by atoms with Gasteiger partial charge in [0.25, 0.3) is 0 Å². The number of unbranched alkanes of at least 4 members (excludes halogenated alkanes) is 1. The van der Waals surface area contributed by atoms with Crippen LogP contribution in [0.4, 0.5) is 4.39 Å². The molecule has 3 N–H and O–H groups in total. The van der Waals surface area contributed by atoms with Crippen LogP contribution in [0.15, 0.2) is 108 Å². The average Bonchev–Trinajstić information content (AvgIpc) is 3.36. The van der Waals surface area contributed by atoms with Crippen molar-refractivity contribution in [3.63, 3.8) is 0 Å². The molecule has 0 saturated heterocycles. The fourth-order valence-corrected chi connectivity index (χ4v) is 5.68. The van der Waals surface area contributed by atoms with Crippen LogP contribution in [0.2, 0.25) is 0 Å². The third-order valence-electron chi connectivity index (χ3n) is 7.34. The molecule has 0 amide bonds.